The maximum Gasteiger partial charge on any atom is 0.243 e. The number of pyridine rings is 1. The Bertz CT molecular complexity index is 485. The number of nitrogens with zero attached hydrogens (tertiary/aromatic N) is 3. The quantitative estimate of drug-likeness (QED) is 0.852. The van der Waals surface area contributed by atoms with E-state index in [9.17, 15) is 5.11 Å². The molecule has 1 atom stereocenters. The van der Waals surface area contributed by atoms with Crippen LogP contribution in [-0.4, -0.2) is 32.4 Å². The number of hydrogen-bond donors (Lipinski definition) is 2. The van der Waals surface area contributed by atoms with Crippen molar-refractivity contribution in [2.45, 2.75) is 19.4 Å². The molecule has 2 rings (SSSR count). The SMILES string of the molecule is CCC(O)CNc1nc2ccc(Cl)cn2n1. The third kappa shape index (κ3) is 2.43. The number of aromatic nitrogens is 3. The van der Waals surface area contributed by atoms with E-state index in [0.29, 0.717) is 23.9 Å². The zero-order chi connectivity index (χ0) is 11.5. The van der Waals surface area contributed by atoms with Crippen molar-refractivity contribution in [3.05, 3.63) is 23.4 Å². The number of rotatable bonds is 4. The van der Waals surface area contributed by atoms with Gasteiger partial charge in [-0.2, -0.15) is 4.98 Å². The number of nitrogens with one attached hydrogen (secondary N) is 1. The molecule has 16 heavy (non-hydrogen) atoms. The van der Waals surface area contributed by atoms with Crippen molar-refractivity contribution in [1.82, 2.24) is 14.6 Å². The Kier molecular flexibility index (Phi) is 3.26. The van der Waals surface area contributed by atoms with Gasteiger partial charge in [-0.25, -0.2) is 4.52 Å². The lowest BCUT2D eigenvalue weighted by atomic mass is 10.3. The molecular formula is C10H13ClN4O. The average molecular weight is 241 g/mol. The van der Waals surface area contributed by atoms with Crippen molar-refractivity contribution >= 4 is 23.2 Å². The van der Waals surface area contributed by atoms with Crippen molar-refractivity contribution in [3.8, 4) is 0 Å². The van der Waals surface area contributed by atoms with Gasteiger partial charge in [-0.3, -0.25) is 0 Å². The first-order valence-electron chi connectivity index (χ1n) is 5.13. The first kappa shape index (κ1) is 11.2. The number of anilines is 1. The molecule has 2 aromatic heterocycles. The van der Waals surface area contributed by atoms with Crippen molar-refractivity contribution in [2.24, 2.45) is 0 Å². The van der Waals surface area contributed by atoms with Gasteiger partial charge in [-0.1, -0.05) is 18.5 Å². The Morgan fingerprint density at radius 3 is 3.12 bits per heavy atom. The zero-order valence-corrected chi connectivity index (χ0v) is 9.65. The number of aliphatic hydroxyl groups is 1. The fourth-order valence-corrected chi connectivity index (χ4v) is 1.44. The molecule has 0 amide bonds. The molecule has 0 radical (unpaired) electrons. The normalized spacial score (nSPS) is 12.9. The molecule has 0 aliphatic rings. The van der Waals surface area contributed by atoms with Crippen LogP contribution in [0.3, 0.4) is 0 Å². The molecule has 2 heterocycles. The second-order valence-corrected chi connectivity index (χ2v) is 3.96. The van der Waals surface area contributed by atoms with Crippen molar-refractivity contribution in [1.29, 1.82) is 0 Å². The summed E-state index contributed by atoms with van der Waals surface area (Å²) in [4.78, 5) is 4.23. The molecule has 0 aromatic carbocycles. The highest BCUT2D eigenvalue weighted by Gasteiger charge is 2.05. The number of aliphatic hydroxyl groups excluding tert-OH is 1. The molecule has 0 spiro atoms. The van der Waals surface area contributed by atoms with E-state index in [4.69, 9.17) is 11.6 Å². The molecule has 86 valence electrons. The van der Waals surface area contributed by atoms with E-state index < -0.39 is 0 Å². The van der Waals surface area contributed by atoms with Gasteiger partial charge >= 0.3 is 0 Å². The Hall–Kier alpha value is -1.33. The molecule has 0 saturated carbocycles. The highest BCUT2D eigenvalue weighted by molar-refractivity contribution is 6.30. The predicted octanol–water partition coefficient (Wildman–Crippen LogP) is 1.57. The lowest BCUT2D eigenvalue weighted by molar-refractivity contribution is 0.183. The Balaban J connectivity index is 2.13. The summed E-state index contributed by atoms with van der Waals surface area (Å²) in [5, 5.41) is 17.1. The van der Waals surface area contributed by atoms with E-state index in [1.807, 2.05) is 6.92 Å². The van der Waals surface area contributed by atoms with E-state index in [0.717, 1.165) is 5.65 Å². The Morgan fingerprint density at radius 2 is 2.38 bits per heavy atom. The summed E-state index contributed by atoms with van der Waals surface area (Å²) in [5.74, 6) is 0.495. The van der Waals surface area contributed by atoms with Gasteiger partial charge in [-0.15, -0.1) is 5.10 Å². The van der Waals surface area contributed by atoms with Gasteiger partial charge in [0.1, 0.15) is 0 Å². The van der Waals surface area contributed by atoms with Crippen LogP contribution in [0.4, 0.5) is 5.95 Å². The Labute approximate surface area is 98.1 Å². The van der Waals surface area contributed by atoms with E-state index in [-0.39, 0.29) is 6.10 Å². The van der Waals surface area contributed by atoms with Gasteiger partial charge in [-0.05, 0) is 18.6 Å². The summed E-state index contributed by atoms with van der Waals surface area (Å²) in [6.07, 6.45) is 2.01. The van der Waals surface area contributed by atoms with E-state index >= 15 is 0 Å². The molecular weight excluding hydrogens is 228 g/mol. The smallest absolute Gasteiger partial charge is 0.243 e. The largest absolute Gasteiger partial charge is 0.391 e. The van der Waals surface area contributed by atoms with Crippen LogP contribution >= 0.6 is 11.6 Å². The number of halogens is 1. The maximum atomic E-state index is 9.39. The fraction of sp³-hybridized carbons (Fsp3) is 0.400. The lowest BCUT2D eigenvalue weighted by Crippen LogP contribution is -2.18. The highest BCUT2D eigenvalue weighted by atomic mass is 35.5. The summed E-state index contributed by atoms with van der Waals surface area (Å²) in [7, 11) is 0. The molecule has 1 unspecified atom stereocenters. The summed E-state index contributed by atoms with van der Waals surface area (Å²) in [6.45, 7) is 2.37. The van der Waals surface area contributed by atoms with Crippen LogP contribution in [-0.2, 0) is 0 Å². The van der Waals surface area contributed by atoms with E-state index in [2.05, 4.69) is 15.4 Å². The lowest BCUT2D eigenvalue weighted by Gasteiger charge is -2.06. The van der Waals surface area contributed by atoms with E-state index in [1.54, 1.807) is 22.8 Å². The van der Waals surface area contributed by atoms with Crippen LogP contribution in [0.1, 0.15) is 13.3 Å². The van der Waals surface area contributed by atoms with Crippen LogP contribution in [0.2, 0.25) is 5.02 Å². The second-order valence-electron chi connectivity index (χ2n) is 3.53. The average Bonchev–Trinajstić information content (AvgIpc) is 2.67. The first-order chi connectivity index (χ1) is 7.69. The third-order valence-electron chi connectivity index (χ3n) is 2.26. The van der Waals surface area contributed by atoms with Crippen LogP contribution < -0.4 is 5.32 Å². The second kappa shape index (κ2) is 4.67. The topological polar surface area (TPSA) is 62.5 Å². The van der Waals surface area contributed by atoms with Gasteiger partial charge in [0, 0.05) is 12.7 Å². The van der Waals surface area contributed by atoms with Crippen molar-refractivity contribution < 1.29 is 5.11 Å². The van der Waals surface area contributed by atoms with Crippen LogP contribution in [0.5, 0.6) is 0 Å². The van der Waals surface area contributed by atoms with Gasteiger partial charge in [0.25, 0.3) is 0 Å². The molecule has 0 fully saturated rings. The molecule has 0 saturated heterocycles. The molecule has 2 aromatic rings. The minimum Gasteiger partial charge on any atom is -0.391 e. The minimum atomic E-state index is -0.379. The summed E-state index contributed by atoms with van der Waals surface area (Å²) in [5.41, 5.74) is 0.720. The first-order valence-corrected chi connectivity index (χ1v) is 5.50. The Morgan fingerprint density at radius 1 is 1.56 bits per heavy atom. The van der Waals surface area contributed by atoms with Gasteiger partial charge in [0.2, 0.25) is 5.95 Å². The van der Waals surface area contributed by atoms with Gasteiger partial charge in [0.15, 0.2) is 5.65 Å². The third-order valence-corrected chi connectivity index (χ3v) is 2.49. The molecule has 0 aliphatic heterocycles. The monoisotopic (exact) mass is 240 g/mol. The van der Waals surface area contributed by atoms with E-state index in [1.165, 1.54) is 0 Å². The van der Waals surface area contributed by atoms with Crippen molar-refractivity contribution in [3.63, 3.8) is 0 Å². The molecule has 6 heteroatoms. The molecule has 0 aliphatic carbocycles. The summed E-state index contributed by atoms with van der Waals surface area (Å²) < 4.78 is 1.60. The van der Waals surface area contributed by atoms with Gasteiger partial charge < -0.3 is 10.4 Å². The molecule has 5 nitrogen and oxygen atoms in total. The maximum absolute atomic E-state index is 9.39. The van der Waals surface area contributed by atoms with Gasteiger partial charge in [0.05, 0.1) is 11.1 Å². The van der Waals surface area contributed by atoms with Crippen LogP contribution in [0.15, 0.2) is 18.3 Å². The van der Waals surface area contributed by atoms with Crippen LogP contribution in [0, 0.1) is 0 Å². The highest BCUT2D eigenvalue weighted by Crippen LogP contribution is 2.11. The minimum absolute atomic E-state index is 0.379. The summed E-state index contributed by atoms with van der Waals surface area (Å²) in [6, 6.07) is 3.55. The van der Waals surface area contributed by atoms with Crippen molar-refractivity contribution in [2.75, 3.05) is 11.9 Å². The standard InChI is InChI=1S/C10H13ClN4O/c1-2-8(16)5-12-10-13-9-4-3-7(11)6-15(9)14-10/h3-4,6,8,16H,2,5H2,1H3,(H,12,14). The zero-order valence-electron chi connectivity index (χ0n) is 8.89. The fourth-order valence-electron chi connectivity index (χ4n) is 1.29. The molecule has 0 bridgehead atoms. The van der Waals surface area contributed by atoms with Crippen LogP contribution in [0.25, 0.3) is 5.65 Å². The number of fused-ring (bicyclic) bond motifs is 1. The molecule has 2 N–H and O–H groups in total. The predicted molar refractivity (Wildman–Crippen MR) is 62.8 cm³/mol. The summed E-state index contributed by atoms with van der Waals surface area (Å²) >= 11 is 5.83. The number of hydrogen-bond acceptors (Lipinski definition) is 4.